The zero-order chi connectivity index (χ0) is 40.4. The van der Waals surface area contributed by atoms with E-state index >= 15 is 0 Å². The highest BCUT2D eigenvalue weighted by Crippen LogP contribution is 2.48. The number of fused-ring (bicyclic) bond motifs is 1. The second-order valence-corrected chi connectivity index (χ2v) is 16.3. The fraction of sp³-hybridized carbons (Fsp3) is 0.283. The number of hydrogen-bond acceptors (Lipinski definition) is 8. The van der Waals surface area contributed by atoms with Gasteiger partial charge in [0, 0.05) is 36.7 Å². The first-order valence-electron chi connectivity index (χ1n) is 19.1. The number of alkyl carbamates (subject to hydrolysis) is 1. The minimum absolute atomic E-state index is 0.0972. The average Bonchev–Trinajstić information content (AvgIpc) is 3.20. The third-order valence-corrected chi connectivity index (χ3v) is 11.4. The van der Waals surface area contributed by atoms with Crippen LogP contribution in [0.3, 0.4) is 0 Å². The van der Waals surface area contributed by atoms with Crippen molar-refractivity contribution in [3.63, 3.8) is 0 Å². The molecule has 3 amide bonds. The second-order valence-electron chi connectivity index (χ2n) is 15.1. The standard InChI is InChI=1S/C46H50N4O6S/c1-45(2,3)56-44(54)49-35(30-57-46(32-14-7-4-8-15-32,33-16-9-5-10-17-33)34-18-11-6-12-19-34)29-48-39-26-27-55-41-37(39)20-13-21-38(41)43(53)50-40(42(47)52)28-31-22-24-36(51)25-23-31/h4-25,35,39-40,48,51H,26-30H2,1-3H3,(H2,47,52)(H,49,54)(H,50,53)/t35-,39?,40+/m1/s1. The summed E-state index contributed by atoms with van der Waals surface area (Å²) < 4.78 is 11.2. The molecule has 5 aromatic rings. The molecule has 6 N–H and O–H groups in total. The van der Waals surface area contributed by atoms with Crippen molar-refractivity contribution in [1.82, 2.24) is 16.0 Å². The van der Waals surface area contributed by atoms with Crippen LogP contribution in [0.25, 0.3) is 0 Å². The molecule has 1 aliphatic rings. The third-order valence-electron chi connectivity index (χ3n) is 9.72. The first kappa shape index (κ1) is 40.9. The van der Waals surface area contributed by atoms with Crippen molar-refractivity contribution >= 4 is 29.7 Å². The van der Waals surface area contributed by atoms with E-state index in [1.165, 1.54) is 12.1 Å². The molecule has 296 valence electrons. The van der Waals surface area contributed by atoms with Crippen molar-refractivity contribution in [2.24, 2.45) is 5.73 Å². The summed E-state index contributed by atoms with van der Waals surface area (Å²) in [6.07, 6.45) is 0.269. The lowest BCUT2D eigenvalue weighted by molar-refractivity contribution is -0.119. The number of carbonyl (C=O) groups is 3. The summed E-state index contributed by atoms with van der Waals surface area (Å²) in [5.41, 5.74) is 10.2. The molecule has 57 heavy (non-hydrogen) atoms. The molecule has 0 saturated carbocycles. The van der Waals surface area contributed by atoms with Crippen LogP contribution in [-0.2, 0) is 20.7 Å². The molecule has 0 aliphatic carbocycles. The van der Waals surface area contributed by atoms with Gasteiger partial charge in [0.2, 0.25) is 5.91 Å². The number of benzene rings is 5. The third kappa shape index (κ3) is 10.3. The van der Waals surface area contributed by atoms with E-state index in [1.54, 1.807) is 36.0 Å². The summed E-state index contributed by atoms with van der Waals surface area (Å²) in [6, 6.07) is 41.4. The zero-order valence-corrected chi connectivity index (χ0v) is 33.3. The highest BCUT2D eigenvalue weighted by Gasteiger charge is 2.38. The number of carbonyl (C=O) groups excluding carboxylic acids is 3. The summed E-state index contributed by atoms with van der Waals surface area (Å²) >= 11 is 1.75. The van der Waals surface area contributed by atoms with Crippen LogP contribution in [0.4, 0.5) is 4.79 Å². The molecule has 6 rings (SSSR count). The SMILES string of the molecule is CC(C)(C)OC(=O)N[C@H](CNC1CCOc2c(C(=O)N[C@@H](Cc3ccc(O)cc3)C(N)=O)cccc21)CSC(c1ccccc1)(c1ccccc1)c1ccccc1. The number of hydrogen-bond donors (Lipinski definition) is 5. The molecule has 10 nitrogen and oxygen atoms in total. The highest BCUT2D eigenvalue weighted by molar-refractivity contribution is 8.00. The highest BCUT2D eigenvalue weighted by atomic mass is 32.2. The number of thioether (sulfide) groups is 1. The Kier molecular flexibility index (Phi) is 13.2. The van der Waals surface area contributed by atoms with Gasteiger partial charge in [-0.25, -0.2) is 4.79 Å². The molecule has 3 atom stereocenters. The quantitative estimate of drug-likeness (QED) is 0.0697. The van der Waals surface area contributed by atoms with Crippen molar-refractivity contribution in [1.29, 1.82) is 0 Å². The van der Waals surface area contributed by atoms with Gasteiger partial charge in [-0.2, -0.15) is 0 Å². The molecule has 11 heteroatoms. The van der Waals surface area contributed by atoms with E-state index in [2.05, 4.69) is 88.7 Å². The number of nitrogens with one attached hydrogen (secondary N) is 3. The lowest BCUT2D eigenvalue weighted by Crippen LogP contribution is -2.47. The average molecular weight is 787 g/mol. The van der Waals surface area contributed by atoms with Gasteiger partial charge in [-0.05, 0) is 61.2 Å². The fourth-order valence-corrected chi connectivity index (χ4v) is 8.61. The normalized spacial score (nSPS) is 15.0. The Labute approximate surface area is 338 Å². The number of nitrogens with two attached hydrogens (primary N) is 1. The summed E-state index contributed by atoms with van der Waals surface area (Å²) in [4.78, 5) is 39.5. The Morgan fingerprint density at radius 3 is 1.93 bits per heavy atom. The monoisotopic (exact) mass is 786 g/mol. The zero-order valence-electron chi connectivity index (χ0n) is 32.4. The van der Waals surface area contributed by atoms with Gasteiger partial charge in [-0.3, -0.25) is 9.59 Å². The van der Waals surface area contributed by atoms with Gasteiger partial charge in [0.05, 0.1) is 23.0 Å². The van der Waals surface area contributed by atoms with Crippen molar-refractivity contribution < 1.29 is 29.0 Å². The van der Waals surface area contributed by atoms with E-state index in [0.717, 1.165) is 27.8 Å². The first-order valence-corrected chi connectivity index (χ1v) is 20.1. The van der Waals surface area contributed by atoms with Crippen LogP contribution < -0.4 is 26.4 Å². The van der Waals surface area contributed by atoms with Gasteiger partial charge in [0.15, 0.2) is 0 Å². The number of phenols is 1. The van der Waals surface area contributed by atoms with E-state index < -0.39 is 34.3 Å². The van der Waals surface area contributed by atoms with Gasteiger partial charge in [-0.1, -0.05) is 115 Å². The number of aromatic hydroxyl groups is 1. The molecule has 0 fully saturated rings. The maximum atomic E-state index is 13.7. The number of para-hydroxylation sites is 1. The van der Waals surface area contributed by atoms with Gasteiger partial charge < -0.3 is 36.3 Å². The molecule has 0 bridgehead atoms. The molecule has 1 heterocycles. The number of amides is 3. The number of rotatable bonds is 15. The summed E-state index contributed by atoms with van der Waals surface area (Å²) in [7, 11) is 0. The lowest BCUT2D eigenvalue weighted by Gasteiger charge is -2.37. The van der Waals surface area contributed by atoms with Gasteiger partial charge in [0.1, 0.15) is 23.1 Å². The molecule has 0 spiro atoms. The van der Waals surface area contributed by atoms with Crippen LogP contribution in [0.15, 0.2) is 133 Å². The number of phenolic OH excluding ortho intramolecular Hbond substituents is 1. The Morgan fingerprint density at radius 2 is 1.39 bits per heavy atom. The minimum atomic E-state index is -0.984. The molecule has 0 saturated heterocycles. The molecule has 0 aromatic heterocycles. The molecule has 0 radical (unpaired) electrons. The van der Waals surface area contributed by atoms with Crippen LogP contribution in [0.1, 0.15) is 71.4 Å². The lowest BCUT2D eigenvalue weighted by atomic mass is 9.84. The van der Waals surface area contributed by atoms with Gasteiger partial charge in [0.25, 0.3) is 5.91 Å². The predicted molar refractivity (Wildman–Crippen MR) is 224 cm³/mol. The summed E-state index contributed by atoms with van der Waals surface area (Å²) in [6.45, 7) is 6.25. The van der Waals surface area contributed by atoms with E-state index in [-0.39, 0.29) is 29.8 Å². The Bertz CT molecular complexity index is 2010. The van der Waals surface area contributed by atoms with Gasteiger partial charge in [-0.15, -0.1) is 11.8 Å². The molecular formula is C46H50N4O6S. The Balaban J connectivity index is 1.25. The van der Waals surface area contributed by atoms with E-state index in [1.807, 2.05) is 45.0 Å². The smallest absolute Gasteiger partial charge is 0.407 e. The maximum absolute atomic E-state index is 13.7. The van der Waals surface area contributed by atoms with E-state index in [9.17, 15) is 19.5 Å². The molecular weight excluding hydrogens is 737 g/mol. The van der Waals surface area contributed by atoms with Crippen LogP contribution in [-0.4, -0.2) is 59.6 Å². The van der Waals surface area contributed by atoms with Crippen molar-refractivity contribution in [3.8, 4) is 11.5 Å². The predicted octanol–water partition coefficient (Wildman–Crippen LogP) is 7.25. The first-order chi connectivity index (χ1) is 27.4. The van der Waals surface area contributed by atoms with Crippen LogP contribution in [0, 0.1) is 0 Å². The molecule has 1 unspecified atom stereocenters. The van der Waals surface area contributed by atoms with Crippen molar-refractivity contribution in [3.05, 3.63) is 167 Å². The van der Waals surface area contributed by atoms with Crippen molar-refractivity contribution in [2.45, 2.75) is 62.1 Å². The van der Waals surface area contributed by atoms with Crippen molar-refractivity contribution in [2.75, 3.05) is 18.9 Å². The summed E-state index contributed by atoms with van der Waals surface area (Å²) in [5.74, 6) is -0.137. The number of ether oxygens (including phenoxy) is 2. The van der Waals surface area contributed by atoms with Gasteiger partial charge >= 0.3 is 6.09 Å². The summed E-state index contributed by atoms with van der Waals surface area (Å²) in [5, 5.41) is 19.3. The van der Waals surface area contributed by atoms with Crippen LogP contribution >= 0.6 is 11.8 Å². The Morgan fingerprint density at radius 1 is 0.807 bits per heavy atom. The second kappa shape index (κ2) is 18.4. The van der Waals surface area contributed by atoms with E-state index in [0.29, 0.717) is 31.1 Å². The van der Waals surface area contributed by atoms with Crippen LogP contribution in [0.5, 0.6) is 11.5 Å². The topological polar surface area (TPSA) is 152 Å². The number of primary amides is 1. The largest absolute Gasteiger partial charge is 0.508 e. The van der Waals surface area contributed by atoms with E-state index in [4.69, 9.17) is 15.2 Å². The van der Waals surface area contributed by atoms with Crippen LogP contribution in [0.2, 0.25) is 0 Å². The molecule has 1 aliphatic heterocycles. The minimum Gasteiger partial charge on any atom is -0.508 e. The Hall–Kier alpha value is -5.78. The maximum Gasteiger partial charge on any atom is 0.407 e. The fourth-order valence-electron chi connectivity index (χ4n) is 7.05. The molecule has 5 aromatic carbocycles.